The molecule has 2 heterocycles. The minimum atomic E-state index is -0.0207. The quantitative estimate of drug-likeness (QED) is 0.229. The zero-order chi connectivity index (χ0) is 29.1. The summed E-state index contributed by atoms with van der Waals surface area (Å²) in [4.78, 5) is 35.8. The smallest absolute Gasteiger partial charge is 0.254 e. The van der Waals surface area contributed by atoms with Crippen LogP contribution in [0.1, 0.15) is 112 Å². The molecular formula is C34H51N7O. The number of amides is 1. The maximum Gasteiger partial charge on any atom is 0.254 e. The lowest BCUT2D eigenvalue weighted by molar-refractivity contribution is 0.0518. The Morgan fingerprint density at radius 2 is 1.31 bits per heavy atom. The fourth-order valence-corrected chi connectivity index (χ4v) is 7.27. The summed E-state index contributed by atoms with van der Waals surface area (Å²) in [6.07, 6.45) is 21.7. The molecule has 0 bridgehead atoms. The lowest BCUT2D eigenvalue weighted by Gasteiger charge is -2.44. The van der Waals surface area contributed by atoms with Gasteiger partial charge in [-0.2, -0.15) is 0 Å². The molecule has 0 radical (unpaired) electrons. The SMILES string of the molecule is CCCN(Cc1ccc(C(=O)N(Cc2ncc[nH]2)Cc2ncc[nH]2)cc1)[C@H]1CC[C@H](N(CCC)C2CCCCC2)CC1. The number of aromatic amines is 2. The number of benzene rings is 1. The number of nitrogens with zero attached hydrogens (tertiary/aromatic N) is 5. The number of carbonyl (C=O) groups is 1. The van der Waals surface area contributed by atoms with E-state index in [-0.39, 0.29) is 5.91 Å². The molecule has 8 heteroatoms. The third kappa shape index (κ3) is 8.10. The van der Waals surface area contributed by atoms with Gasteiger partial charge in [0.05, 0.1) is 13.1 Å². The lowest BCUT2D eigenvalue weighted by Crippen LogP contribution is -2.48. The summed E-state index contributed by atoms with van der Waals surface area (Å²) >= 11 is 0. The molecule has 3 aromatic rings. The normalized spacial score (nSPS) is 19.9. The summed E-state index contributed by atoms with van der Waals surface area (Å²) < 4.78 is 0. The van der Waals surface area contributed by atoms with Gasteiger partial charge in [-0.1, -0.05) is 45.2 Å². The number of H-pyrrole nitrogens is 2. The predicted molar refractivity (Wildman–Crippen MR) is 168 cm³/mol. The van der Waals surface area contributed by atoms with Gasteiger partial charge < -0.3 is 14.9 Å². The van der Waals surface area contributed by atoms with Crippen molar-refractivity contribution in [2.75, 3.05) is 13.1 Å². The number of aromatic nitrogens is 4. The van der Waals surface area contributed by atoms with Crippen LogP contribution in [-0.2, 0) is 19.6 Å². The Hall–Kier alpha value is -2.97. The van der Waals surface area contributed by atoms with Crippen LogP contribution in [0.5, 0.6) is 0 Å². The molecule has 8 nitrogen and oxygen atoms in total. The van der Waals surface area contributed by atoms with Crippen LogP contribution in [0, 0.1) is 0 Å². The number of rotatable bonds is 14. The number of imidazole rings is 2. The molecule has 0 unspecified atom stereocenters. The van der Waals surface area contributed by atoms with Crippen molar-refractivity contribution < 1.29 is 4.79 Å². The molecule has 2 fully saturated rings. The predicted octanol–water partition coefficient (Wildman–Crippen LogP) is 6.54. The Kier molecular flexibility index (Phi) is 11.2. The van der Waals surface area contributed by atoms with Gasteiger partial charge in [0.1, 0.15) is 11.6 Å². The van der Waals surface area contributed by atoms with E-state index >= 15 is 0 Å². The Balaban J connectivity index is 1.19. The summed E-state index contributed by atoms with van der Waals surface area (Å²) in [6, 6.07) is 10.5. The summed E-state index contributed by atoms with van der Waals surface area (Å²) in [5.41, 5.74) is 1.97. The van der Waals surface area contributed by atoms with Crippen molar-refractivity contribution in [2.24, 2.45) is 0 Å². The van der Waals surface area contributed by atoms with Gasteiger partial charge in [-0.05, 0) is 82.2 Å². The highest BCUT2D eigenvalue weighted by molar-refractivity contribution is 5.94. The van der Waals surface area contributed by atoms with Crippen molar-refractivity contribution in [2.45, 2.75) is 122 Å². The fraction of sp³-hybridized carbons (Fsp3) is 0.618. The summed E-state index contributed by atoms with van der Waals surface area (Å²) in [5.74, 6) is 1.49. The van der Waals surface area contributed by atoms with Gasteiger partial charge in [0.25, 0.3) is 5.91 Å². The molecule has 2 aliphatic carbocycles. The molecule has 2 saturated carbocycles. The van der Waals surface area contributed by atoms with Crippen molar-refractivity contribution in [3.8, 4) is 0 Å². The second kappa shape index (κ2) is 15.5. The van der Waals surface area contributed by atoms with E-state index < -0.39 is 0 Å². The molecule has 228 valence electrons. The number of carbonyl (C=O) groups excluding carboxylic acids is 1. The summed E-state index contributed by atoms with van der Waals surface area (Å²) in [6.45, 7) is 8.77. The fourth-order valence-electron chi connectivity index (χ4n) is 7.27. The molecule has 42 heavy (non-hydrogen) atoms. The maximum absolute atomic E-state index is 13.6. The second-order valence-corrected chi connectivity index (χ2v) is 12.4. The van der Waals surface area contributed by atoms with Gasteiger partial charge in [-0.15, -0.1) is 0 Å². The van der Waals surface area contributed by atoms with Crippen LogP contribution in [0.3, 0.4) is 0 Å². The topological polar surface area (TPSA) is 84.1 Å². The molecule has 2 aromatic heterocycles. The molecule has 0 aliphatic heterocycles. The lowest BCUT2D eigenvalue weighted by atomic mass is 9.85. The van der Waals surface area contributed by atoms with Crippen LogP contribution in [0.25, 0.3) is 0 Å². The third-order valence-electron chi connectivity index (χ3n) is 9.35. The molecule has 1 amide bonds. The number of hydrogen-bond donors (Lipinski definition) is 2. The van der Waals surface area contributed by atoms with Crippen LogP contribution in [0.2, 0.25) is 0 Å². The Bertz CT molecular complexity index is 1130. The Morgan fingerprint density at radius 1 is 0.738 bits per heavy atom. The van der Waals surface area contributed by atoms with Gasteiger partial charge in [0, 0.05) is 55.0 Å². The standard InChI is InChI=1S/C34H51N7O/c1-3-22-39(29-14-16-31(17-15-29)41(23-4-2)30-8-6-5-7-9-30)24-27-10-12-28(13-11-27)34(42)40(25-32-35-18-19-36-32)26-33-37-20-21-38-33/h10-13,18-21,29-31H,3-9,14-17,22-26H2,1-2H3,(H,35,36)(H,37,38)/t29-,31-. The number of hydrogen-bond acceptors (Lipinski definition) is 5. The monoisotopic (exact) mass is 573 g/mol. The van der Waals surface area contributed by atoms with Gasteiger partial charge in [-0.3, -0.25) is 14.6 Å². The van der Waals surface area contributed by atoms with Crippen LogP contribution < -0.4 is 0 Å². The minimum absolute atomic E-state index is 0.0207. The van der Waals surface area contributed by atoms with Crippen molar-refractivity contribution in [1.29, 1.82) is 0 Å². The average Bonchev–Trinajstić information content (AvgIpc) is 3.75. The van der Waals surface area contributed by atoms with Crippen LogP contribution in [-0.4, -0.2) is 71.8 Å². The van der Waals surface area contributed by atoms with Gasteiger partial charge in [0.15, 0.2) is 0 Å². The van der Waals surface area contributed by atoms with Crippen LogP contribution in [0.15, 0.2) is 49.1 Å². The third-order valence-corrected chi connectivity index (χ3v) is 9.35. The molecule has 5 rings (SSSR count). The van der Waals surface area contributed by atoms with E-state index in [0.29, 0.717) is 24.7 Å². The molecule has 0 spiro atoms. The van der Waals surface area contributed by atoms with Crippen molar-refractivity contribution in [3.63, 3.8) is 0 Å². The van der Waals surface area contributed by atoms with E-state index in [1.165, 1.54) is 76.3 Å². The van der Waals surface area contributed by atoms with Crippen molar-refractivity contribution in [1.82, 2.24) is 34.6 Å². The zero-order valence-corrected chi connectivity index (χ0v) is 25.8. The highest BCUT2D eigenvalue weighted by Crippen LogP contribution is 2.32. The van der Waals surface area contributed by atoms with E-state index in [2.05, 4.69) is 55.7 Å². The number of nitrogens with one attached hydrogen (secondary N) is 2. The Morgan fingerprint density at radius 3 is 1.86 bits per heavy atom. The Labute approximate surface area is 252 Å². The van der Waals surface area contributed by atoms with E-state index in [0.717, 1.165) is 43.2 Å². The van der Waals surface area contributed by atoms with E-state index in [1.807, 2.05) is 12.1 Å². The molecular weight excluding hydrogens is 522 g/mol. The minimum Gasteiger partial charge on any atom is -0.347 e. The first-order chi connectivity index (χ1) is 20.6. The molecule has 0 saturated heterocycles. The van der Waals surface area contributed by atoms with E-state index in [9.17, 15) is 4.79 Å². The van der Waals surface area contributed by atoms with Gasteiger partial charge in [-0.25, -0.2) is 9.97 Å². The van der Waals surface area contributed by atoms with Gasteiger partial charge in [0.2, 0.25) is 0 Å². The highest BCUT2D eigenvalue weighted by Gasteiger charge is 2.32. The maximum atomic E-state index is 13.6. The second-order valence-electron chi connectivity index (χ2n) is 12.4. The largest absolute Gasteiger partial charge is 0.347 e. The summed E-state index contributed by atoms with van der Waals surface area (Å²) in [5, 5.41) is 0. The van der Waals surface area contributed by atoms with Crippen LogP contribution >= 0.6 is 0 Å². The van der Waals surface area contributed by atoms with Gasteiger partial charge >= 0.3 is 0 Å². The molecule has 2 aliphatic rings. The molecule has 2 N–H and O–H groups in total. The van der Waals surface area contributed by atoms with E-state index in [4.69, 9.17) is 0 Å². The van der Waals surface area contributed by atoms with E-state index in [1.54, 1.807) is 29.7 Å². The highest BCUT2D eigenvalue weighted by atomic mass is 16.2. The average molecular weight is 574 g/mol. The van der Waals surface area contributed by atoms with Crippen molar-refractivity contribution in [3.05, 3.63) is 71.8 Å². The first kappa shape index (κ1) is 30.5. The van der Waals surface area contributed by atoms with Crippen LogP contribution in [0.4, 0.5) is 0 Å². The summed E-state index contributed by atoms with van der Waals surface area (Å²) in [7, 11) is 0. The van der Waals surface area contributed by atoms with Crippen molar-refractivity contribution >= 4 is 5.91 Å². The first-order valence-electron chi connectivity index (χ1n) is 16.5. The first-order valence-corrected chi connectivity index (χ1v) is 16.5. The molecule has 1 aromatic carbocycles. The zero-order valence-electron chi connectivity index (χ0n) is 25.8. The molecule has 0 atom stereocenters.